The number of hydrogen-bond donors (Lipinski definition) is 1. The van der Waals surface area contributed by atoms with Crippen LogP contribution < -0.4 is 10.1 Å². The normalized spacial score (nSPS) is 17.2. The van der Waals surface area contributed by atoms with E-state index in [9.17, 15) is 0 Å². The molecule has 21 heavy (non-hydrogen) atoms. The van der Waals surface area contributed by atoms with Crippen LogP contribution in [0.2, 0.25) is 5.02 Å². The maximum Gasteiger partial charge on any atom is 0.156 e. The van der Waals surface area contributed by atoms with Crippen LogP contribution in [0.4, 0.5) is 5.69 Å². The Labute approximate surface area is 138 Å². The van der Waals surface area contributed by atoms with E-state index in [1.165, 1.54) is 17.5 Å². The van der Waals surface area contributed by atoms with Gasteiger partial charge in [-0.3, -0.25) is 0 Å². The van der Waals surface area contributed by atoms with Gasteiger partial charge in [-0.25, -0.2) is 0 Å². The van der Waals surface area contributed by atoms with Crippen LogP contribution in [0.3, 0.4) is 0 Å². The molecule has 3 rings (SSSR count). The predicted octanol–water partition coefficient (Wildman–Crippen LogP) is 5.60. The van der Waals surface area contributed by atoms with Gasteiger partial charge in [0, 0.05) is 5.02 Å². The van der Waals surface area contributed by atoms with Gasteiger partial charge in [-0.15, -0.1) is 0 Å². The van der Waals surface area contributed by atoms with Crippen LogP contribution in [0.25, 0.3) is 0 Å². The Morgan fingerprint density at radius 1 is 1.29 bits per heavy atom. The Morgan fingerprint density at radius 2 is 2.10 bits per heavy atom. The van der Waals surface area contributed by atoms with Gasteiger partial charge < -0.3 is 10.1 Å². The van der Waals surface area contributed by atoms with Gasteiger partial charge in [0.25, 0.3) is 0 Å². The van der Waals surface area contributed by atoms with Crippen LogP contribution >= 0.6 is 27.5 Å². The molecule has 0 fully saturated rings. The molecule has 4 heteroatoms. The number of methoxy groups -OCH3 is 1. The van der Waals surface area contributed by atoms with Crippen LogP contribution in [-0.2, 0) is 6.42 Å². The first-order valence-electron chi connectivity index (χ1n) is 7.06. The average Bonchev–Trinajstić information content (AvgIpc) is 2.47. The smallest absolute Gasteiger partial charge is 0.156 e. The number of benzene rings is 2. The first kappa shape index (κ1) is 14.7. The van der Waals surface area contributed by atoms with E-state index in [1.54, 1.807) is 7.11 Å². The first-order valence-corrected chi connectivity index (χ1v) is 8.23. The van der Waals surface area contributed by atoms with Crippen molar-refractivity contribution in [3.63, 3.8) is 0 Å². The fourth-order valence-corrected chi connectivity index (χ4v) is 3.94. The molecule has 0 amide bonds. The van der Waals surface area contributed by atoms with Gasteiger partial charge in [0.05, 0.1) is 23.3 Å². The number of aryl methyl sites for hydroxylation is 1. The molecule has 0 saturated carbocycles. The lowest BCUT2D eigenvalue weighted by atomic mass is 9.87. The Balaban J connectivity index is 1.95. The zero-order chi connectivity index (χ0) is 14.8. The maximum atomic E-state index is 6.17. The number of ether oxygens (including phenoxy) is 1. The van der Waals surface area contributed by atoms with Crippen molar-refractivity contribution in [2.45, 2.75) is 25.3 Å². The van der Waals surface area contributed by atoms with Crippen molar-refractivity contribution < 1.29 is 4.74 Å². The highest BCUT2D eigenvalue weighted by molar-refractivity contribution is 9.10. The van der Waals surface area contributed by atoms with Crippen molar-refractivity contribution in [2.75, 3.05) is 12.4 Å². The highest BCUT2D eigenvalue weighted by atomic mass is 79.9. The lowest BCUT2D eigenvalue weighted by Crippen LogP contribution is -2.17. The monoisotopic (exact) mass is 365 g/mol. The molecular formula is C17H17BrClNO. The van der Waals surface area contributed by atoms with Crippen LogP contribution in [0.1, 0.15) is 30.0 Å². The van der Waals surface area contributed by atoms with E-state index in [-0.39, 0.29) is 0 Å². The molecule has 2 aromatic rings. The molecule has 1 unspecified atom stereocenters. The number of nitrogens with one attached hydrogen (secondary N) is 1. The minimum atomic E-state index is 0.300. The standard InChI is InChI=1S/C17H17BrClNO/c1-21-17-14(18)9-12(19)10-16(17)20-15-8-4-6-11-5-2-3-7-13(11)15/h2-3,5,7,9-10,15,20H,4,6,8H2,1H3. The molecule has 1 atom stereocenters. The van der Waals surface area contributed by atoms with E-state index in [1.807, 2.05) is 12.1 Å². The molecule has 1 aliphatic carbocycles. The van der Waals surface area contributed by atoms with Crippen molar-refractivity contribution >= 4 is 33.2 Å². The number of fused-ring (bicyclic) bond motifs is 1. The van der Waals surface area contributed by atoms with Crippen LogP contribution in [-0.4, -0.2) is 7.11 Å². The maximum absolute atomic E-state index is 6.17. The lowest BCUT2D eigenvalue weighted by molar-refractivity contribution is 0.413. The summed E-state index contributed by atoms with van der Waals surface area (Å²) in [6.07, 6.45) is 3.47. The fourth-order valence-electron chi connectivity index (χ4n) is 2.97. The molecule has 2 nitrogen and oxygen atoms in total. The summed E-state index contributed by atoms with van der Waals surface area (Å²) in [6.45, 7) is 0. The molecule has 0 bridgehead atoms. The van der Waals surface area contributed by atoms with Gasteiger partial charge in [0.15, 0.2) is 5.75 Å². The first-order chi connectivity index (χ1) is 10.2. The number of halogens is 2. The van der Waals surface area contributed by atoms with E-state index in [0.29, 0.717) is 11.1 Å². The number of hydrogen-bond acceptors (Lipinski definition) is 2. The molecular weight excluding hydrogens is 350 g/mol. The zero-order valence-electron chi connectivity index (χ0n) is 11.8. The number of anilines is 1. The molecule has 0 saturated heterocycles. The second-order valence-electron chi connectivity index (χ2n) is 5.26. The van der Waals surface area contributed by atoms with Crippen molar-refractivity contribution in [2.24, 2.45) is 0 Å². The van der Waals surface area contributed by atoms with E-state index in [0.717, 1.165) is 28.8 Å². The SMILES string of the molecule is COc1c(Br)cc(Cl)cc1NC1CCCc2ccccc21. The lowest BCUT2D eigenvalue weighted by Gasteiger charge is -2.28. The second-order valence-corrected chi connectivity index (χ2v) is 6.55. The summed E-state index contributed by atoms with van der Waals surface area (Å²) in [5, 5.41) is 4.29. The van der Waals surface area contributed by atoms with Crippen LogP contribution in [0.15, 0.2) is 40.9 Å². The third kappa shape index (κ3) is 3.04. The Hall–Kier alpha value is -1.19. The van der Waals surface area contributed by atoms with Gasteiger partial charge in [0.1, 0.15) is 0 Å². The van der Waals surface area contributed by atoms with Crippen LogP contribution in [0, 0.1) is 0 Å². The summed E-state index contributed by atoms with van der Waals surface area (Å²) in [4.78, 5) is 0. The third-order valence-corrected chi connectivity index (χ3v) is 4.72. The summed E-state index contributed by atoms with van der Waals surface area (Å²) in [7, 11) is 1.67. The Kier molecular flexibility index (Phi) is 4.41. The molecule has 0 aromatic heterocycles. The quantitative estimate of drug-likeness (QED) is 0.763. The Bertz CT molecular complexity index is 659. The molecule has 1 N–H and O–H groups in total. The van der Waals surface area contributed by atoms with E-state index >= 15 is 0 Å². The summed E-state index contributed by atoms with van der Waals surface area (Å²) < 4.78 is 6.36. The van der Waals surface area contributed by atoms with E-state index in [4.69, 9.17) is 16.3 Å². The van der Waals surface area contributed by atoms with Gasteiger partial charge in [-0.2, -0.15) is 0 Å². The molecule has 0 aliphatic heterocycles. The number of rotatable bonds is 3. The molecule has 1 aliphatic rings. The van der Waals surface area contributed by atoms with Crippen molar-refractivity contribution in [3.05, 3.63) is 57.0 Å². The predicted molar refractivity (Wildman–Crippen MR) is 91.4 cm³/mol. The van der Waals surface area contributed by atoms with E-state index < -0.39 is 0 Å². The molecule has 0 spiro atoms. The van der Waals surface area contributed by atoms with Gasteiger partial charge in [-0.05, 0) is 58.5 Å². The molecule has 110 valence electrons. The molecule has 2 aromatic carbocycles. The van der Waals surface area contributed by atoms with Crippen molar-refractivity contribution in [1.29, 1.82) is 0 Å². The fraction of sp³-hybridized carbons (Fsp3) is 0.294. The minimum absolute atomic E-state index is 0.300. The van der Waals surface area contributed by atoms with Crippen molar-refractivity contribution in [1.82, 2.24) is 0 Å². The van der Waals surface area contributed by atoms with E-state index in [2.05, 4.69) is 45.5 Å². The summed E-state index contributed by atoms with van der Waals surface area (Å²) in [5.41, 5.74) is 3.74. The minimum Gasteiger partial charge on any atom is -0.493 e. The van der Waals surface area contributed by atoms with Gasteiger partial charge >= 0.3 is 0 Å². The molecule has 0 radical (unpaired) electrons. The zero-order valence-corrected chi connectivity index (χ0v) is 14.2. The largest absolute Gasteiger partial charge is 0.493 e. The third-order valence-electron chi connectivity index (χ3n) is 3.91. The second kappa shape index (κ2) is 6.29. The summed E-state index contributed by atoms with van der Waals surface area (Å²) in [5.74, 6) is 0.794. The highest BCUT2D eigenvalue weighted by Gasteiger charge is 2.21. The van der Waals surface area contributed by atoms with Gasteiger partial charge in [0.2, 0.25) is 0 Å². The Morgan fingerprint density at radius 3 is 2.90 bits per heavy atom. The average molecular weight is 367 g/mol. The summed E-state index contributed by atoms with van der Waals surface area (Å²) in [6, 6.07) is 12.7. The van der Waals surface area contributed by atoms with Crippen molar-refractivity contribution in [3.8, 4) is 5.75 Å². The summed E-state index contributed by atoms with van der Waals surface area (Å²) >= 11 is 9.68. The van der Waals surface area contributed by atoms with Crippen LogP contribution in [0.5, 0.6) is 5.75 Å². The molecule has 0 heterocycles. The highest BCUT2D eigenvalue weighted by Crippen LogP contribution is 2.40. The topological polar surface area (TPSA) is 21.3 Å². The van der Waals surface area contributed by atoms with Gasteiger partial charge in [-0.1, -0.05) is 35.9 Å².